The van der Waals surface area contributed by atoms with E-state index in [1.54, 1.807) is 12.1 Å². The Morgan fingerprint density at radius 2 is 1.78 bits per heavy atom. The van der Waals surface area contributed by atoms with Gasteiger partial charge in [-0.25, -0.2) is 12.7 Å². The molecule has 0 saturated carbocycles. The summed E-state index contributed by atoms with van der Waals surface area (Å²) in [6.45, 7) is 3.77. The molecule has 7 heteroatoms. The number of carbonyl (C=O) groups excluding carboxylic acids is 2. The van der Waals surface area contributed by atoms with Crippen molar-refractivity contribution < 1.29 is 18.0 Å². The molecule has 6 nitrogen and oxygen atoms in total. The van der Waals surface area contributed by atoms with Gasteiger partial charge in [-0.05, 0) is 36.6 Å². The second-order valence-corrected chi connectivity index (χ2v) is 8.34. The van der Waals surface area contributed by atoms with E-state index in [4.69, 9.17) is 0 Å². The molecule has 1 aliphatic heterocycles. The molecule has 2 amide bonds. The van der Waals surface area contributed by atoms with Gasteiger partial charge in [0.1, 0.15) is 4.90 Å². The molecule has 0 saturated heterocycles. The first kappa shape index (κ1) is 19.1. The molecule has 2 aromatic carbocycles. The van der Waals surface area contributed by atoms with E-state index in [0.717, 1.165) is 16.3 Å². The molecule has 1 aliphatic rings. The van der Waals surface area contributed by atoms with Crippen molar-refractivity contribution in [2.24, 2.45) is 0 Å². The Labute approximate surface area is 159 Å². The van der Waals surface area contributed by atoms with Crippen LogP contribution in [0.4, 0.5) is 0 Å². The van der Waals surface area contributed by atoms with Crippen LogP contribution < -0.4 is 5.32 Å². The van der Waals surface area contributed by atoms with Crippen LogP contribution in [0.3, 0.4) is 0 Å². The number of carbonyl (C=O) groups is 2. The number of rotatable bonds is 6. The molecular weight excluding hydrogens is 364 g/mol. The van der Waals surface area contributed by atoms with Crippen LogP contribution in [0.15, 0.2) is 53.4 Å². The fourth-order valence-electron chi connectivity index (χ4n) is 3.09. The van der Waals surface area contributed by atoms with Gasteiger partial charge < -0.3 is 5.32 Å². The number of hydrogen-bond acceptors (Lipinski definition) is 4. The number of benzene rings is 2. The molecule has 0 bridgehead atoms. The number of sulfonamides is 1. The van der Waals surface area contributed by atoms with Crippen LogP contribution in [-0.4, -0.2) is 31.1 Å². The minimum atomic E-state index is -3.88. The number of aryl methyl sites for hydroxylation is 1. The van der Waals surface area contributed by atoms with E-state index < -0.39 is 15.9 Å². The maximum Gasteiger partial charge on any atom is 0.269 e. The quantitative estimate of drug-likeness (QED) is 0.827. The molecule has 0 radical (unpaired) electrons. The maximum absolute atomic E-state index is 12.5. The predicted molar refractivity (Wildman–Crippen MR) is 102 cm³/mol. The van der Waals surface area contributed by atoms with E-state index >= 15 is 0 Å². The Morgan fingerprint density at radius 3 is 2.41 bits per heavy atom. The molecule has 142 valence electrons. The third-order valence-electron chi connectivity index (χ3n) is 4.72. The summed E-state index contributed by atoms with van der Waals surface area (Å²) < 4.78 is 25.7. The zero-order chi connectivity index (χ0) is 19.6. The lowest BCUT2D eigenvalue weighted by Crippen LogP contribution is -2.35. The van der Waals surface area contributed by atoms with Gasteiger partial charge in [-0.1, -0.05) is 43.3 Å². The first-order chi connectivity index (χ1) is 12.8. The summed E-state index contributed by atoms with van der Waals surface area (Å²) in [4.78, 5) is 24.6. The summed E-state index contributed by atoms with van der Waals surface area (Å²) in [7, 11) is -3.88. The summed E-state index contributed by atoms with van der Waals surface area (Å²) in [5, 5.41) is 2.85. The van der Waals surface area contributed by atoms with E-state index in [0.29, 0.717) is 0 Å². The Bertz CT molecular complexity index is 968. The molecule has 0 aliphatic carbocycles. The van der Waals surface area contributed by atoms with Crippen molar-refractivity contribution in [2.75, 3.05) is 6.54 Å². The number of hydrogen-bond donors (Lipinski definition) is 1. The van der Waals surface area contributed by atoms with E-state index in [1.807, 2.05) is 31.2 Å². The Balaban J connectivity index is 1.62. The van der Waals surface area contributed by atoms with Crippen molar-refractivity contribution in [1.82, 2.24) is 9.62 Å². The van der Waals surface area contributed by atoms with E-state index in [2.05, 4.69) is 12.2 Å². The lowest BCUT2D eigenvalue weighted by atomic mass is 10.0. The lowest BCUT2D eigenvalue weighted by molar-refractivity contribution is -0.121. The average Bonchev–Trinajstić information content (AvgIpc) is 2.86. The van der Waals surface area contributed by atoms with Gasteiger partial charge in [0.2, 0.25) is 5.91 Å². The molecule has 1 N–H and O–H groups in total. The molecular formula is C20H22N2O4S. The molecule has 0 aromatic heterocycles. The van der Waals surface area contributed by atoms with Gasteiger partial charge in [0.05, 0.1) is 11.6 Å². The van der Waals surface area contributed by atoms with Crippen LogP contribution in [0.2, 0.25) is 0 Å². The zero-order valence-corrected chi connectivity index (χ0v) is 16.1. The summed E-state index contributed by atoms with van der Waals surface area (Å²) in [5.41, 5.74) is 2.34. The lowest BCUT2D eigenvalue weighted by Gasteiger charge is -2.17. The largest absolute Gasteiger partial charge is 0.350 e. The van der Waals surface area contributed by atoms with Crippen molar-refractivity contribution in [3.63, 3.8) is 0 Å². The fraction of sp³-hybridized carbons (Fsp3) is 0.300. The third kappa shape index (κ3) is 3.73. The van der Waals surface area contributed by atoms with Gasteiger partial charge in [0, 0.05) is 13.0 Å². The number of nitrogens with one attached hydrogen (secondary N) is 1. The van der Waals surface area contributed by atoms with Crippen LogP contribution in [0, 0.1) is 0 Å². The smallest absolute Gasteiger partial charge is 0.269 e. The monoisotopic (exact) mass is 386 g/mol. The Kier molecular flexibility index (Phi) is 5.32. The van der Waals surface area contributed by atoms with Gasteiger partial charge in [0.15, 0.2) is 0 Å². The Morgan fingerprint density at radius 1 is 1.11 bits per heavy atom. The van der Waals surface area contributed by atoms with Gasteiger partial charge in [-0.3, -0.25) is 9.59 Å². The van der Waals surface area contributed by atoms with Crippen molar-refractivity contribution in [2.45, 2.75) is 37.6 Å². The van der Waals surface area contributed by atoms with Gasteiger partial charge in [-0.2, -0.15) is 0 Å². The van der Waals surface area contributed by atoms with Gasteiger partial charge in [-0.15, -0.1) is 0 Å². The molecule has 0 fully saturated rings. The molecule has 1 atom stereocenters. The van der Waals surface area contributed by atoms with Crippen LogP contribution in [0.5, 0.6) is 0 Å². The van der Waals surface area contributed by atoms with Gasteiger partial charge >= 0.3 is 0 Å². The zero-order valence-electron chi connectivity index (χ0n) is 15.3. The van der Waals surface area contributed by atoms with Crippen molar-refractivity contribution >= 4 is 21.8 Å². The van der Waals surface area contributed by atoms with E-state index in [-0.39, 0.29) is 35.4 Å². The van der Waals surface area contributed by atoms with Crippen LogP contribution >= 0.6 is 0 Å². The minimum absolute atomic E-state index is 0.000194. The van der Waals surface area contributed by atoms with Crippen molar-refractivity contribution in [3.05, 3.63) is 65.2 Å². The minimum Gasteiger partial charge on any atom is -0.350 e. The highest BCUT2D eigenvalue weighted by Gasteiger charge is 2.40. The van der Waals surface area contributed by atoms with Crippen LogP contribution in [0.1, 0.15) is 47.8 Å². The first-order valence-electron chi connectivity index (χ1n) is 8.89. The van der Waals surface area contributed by atoms with E-state index in [9.17, 15) is 18.0 Å². The first-order valence-corrected chi connectivity index (χ1v) is 10.3. The predicted octanol–water partition coefficient (Wildman–Crippen LogP) is 2.66. The van der Waals surface area contributed by atoms with Crippen molar-refractivity contribution in [3.8, 4) is 0 Å². The summed E-state index contributed by atoms with van der Waals surface area (Å²) >= 11 is 0. The SMILES string of the molecule is CCc1ccc([C@H](C)NC(=O)CCN2C(=O)c3ccccc3S2(=O)=O)cc1. The number of amides is 2. The highest BCUT2D eigenvalue weighted by Crippen LogP contribution is 2.29. The summed E-state index contributed by atoms with van der Waals surface area (Å²) in [6, 6.07) is 13.9. The standard InChI is InChI=1S/C20H22N2O4S/c1-3-15-8-10-16(11-9-15)14(2)21-19(23)12-13-22-20(24)17-6-4-5-7-18(17)27(22,25)26/h4-11,14H,3,12-13H2,1-2H3,(H,21,23)/t14-/m0/s1. The van der Waals surface area contributed by atoms with E-state index in [1.165, 1.54) is 17.7 Å². The fourth-order valence-corrected chi connectivity index (χ4v) is 4.66. The number of fused-ring (bicyclic) bond motifs is 1. The van der Waals surface area contributed by atoms with Crippen LogP contribution in [0.25, 0.3) is 0 Å². The second-order valence-electron chi connectivity index (χ2n) is 6.51. The molecule has 27 heavy (non-hydrogen) atoms. The molecule has 1 heterocycles. The summed E-state index contributed by atoms with van der Waals surface area (Å²) in [6.07, 6.45) is 0.859. The third-order valence-corrected chi connectivity index (χ3v) is 6.56. The van der Waals surface area contributed by atoms with Crippen LogP contribution in [-0.2, 0) is 21.2 Å². The number of nitrogens with zero attached hydrogens (tertiary/aromatic N) is 1. The second kappa shape index (κ2) is 7.52. The molecule has 2 aromatic rings. The normalized spacial score (nSPS) is 16.1. The average molecular weight is 386 g/mol. The van der Waals surface area contributed by atoms with Crippen molar-refractivity contribution in [1.29, 1.82) is 0 Å². The topological polar surface area (TPSA) is 83.6 Å². The Hall–Kier alpha value is -2.67. The molecule has 3 rings (SSSR count). The summed E-state index contributed by atoms with van der Waals surface area (Å²) in [5.74, 6) is -0.886. The highest BCUT2D eigenvalue weighted by atomic mass is 32.2. The highest BCUT2D eigenvalue weighted by molar-refractivity contribution is 7.90. The molecule has 0 unspecified atom stereocenters. The molecule has 0 spiro atoms. The van der Waals surface area contributed by atoms with Gasteiger partial charge in [0.25, 0.3) is 15.9 Å². The maximum atomic E-state index is 12.5.